The van der Waals surface area contributed by atoms with Crippen LogP contribution < -0.4 is 10.6 Å². The van der Waals surface area contributed by atoms with Crippen LogP contribution in [0.25, 0.3) is 11.3 Å². The number of carbonyl (C=O) groups excluding carboxylic acids is 2. The topological polar surface area (TPSA) is 118 Å². The summed E-state index contributed by atoms with van der Waals surface area (Å²) >= 11 is 0. The maximum absolute atomic E-state index is 15.1. The Morgan fingerprint density at radius 3 is 2.41 bits per heavy atom. The van der Waals surface area contributed by atoms with Gasteiger partial charge in [0.25, 0.3) is 5.91 Å². The van der Waals surface area contributed by atoms with Gasteiger partial charge in [0, 0.05) is 29.6 Å². The summed E-state index contributed by atoms with van der Waals surface area (Å²) in [5.41, 5.74) is 1.61. The lowest BCUT2D eigenvalue weighted by Gasteiger charge is -2.38. The highest BCUT2D eigenvalue weighted by molar-refractivity contribution is 6.03. The minimum atomic E-state index is -1.18. The molecule has 3 N–H and O–H groups in total. The molecule has 9 nitrogen and oxygen atoms in total. The van der Waals surface area contributed by atoms with E-state index in [1.165, 1.54) is 12.3 Å². The van der Waals surface area contributed by atoms with E-state index in [0.717, 1.165) is 25.7 Å². The van der Waals surface area contributed by atoms with Crippen molar-refractivity contribution in [2.75, 3.05) is 5.32 Å². The average molecular weight is 508 g/mol. The molecule has 2 aliphatic carbocycles. The number of H-pyrrole nitrogens is 1. The predicted octanol–water partition coefficient (Wildman–Crippen LogP) is 4.57. The molecule has 10 heteroatoms. The number of amides is 2. The summed E-state index contributed by atoms with van der Waals surface area (Å²) in [5.74, 6) is -0.519. The Kier molecular flexibility index (Phi) is 6.37. The second-order valence-electron chi connectivity index (χ2n) is 10.9. The molecule has 0 radical (unpaired) electrons. The van der Waals surface area contributed by atoms with Gasteiger partial charge >= 0.3 is 0 Å². The lowest BCUT2D eigenvalue weighted by molar-refractivity contribution is -0.124. The summed E-state index contributed by atoms with van der Waals surface area (Å²) in [7, 11) is 0. The number of pyridine rings is 1. The predicted molar refractivity (Wildman–Crippen MR) is 137 cm³/mol. The van der Waals surface area contributed by atoms with Crippen LogP contribution in [0.5, 0.6) is 0 Å². The summed E-state index contributed by atoms with van der Waals surface area (Å²) < 4.78 is 16.8. The Bertz CT molecular complexity index is 1310. The summed E-state index contributed by atoms with van der Waals surface area (Å²) in [6, 6.07) is 2.92. The highest BCUT2D eigenvalue weighted by Gasteiger charge is 2.55. The minimum absolute atomic E-state index is 0.000167. The zero-order valence-electron chi connectivity index (χ0n) is 21.9. The van der Waals surface area contributed by atoms with E-state index in [4.69, 9.17) is 0 Å². The fourth-order valence-corrected chi connectivity index (χ4v) is 5.59. The Morgan fingerprint density at radius 1 is 1.19 bits per heavy atom. The largest absolute Gasteiger partial charge is 0.336 e. The normalized spacial score (nSPS) is 17.2. The summed E-state index contributed by atoms with van der Waals surface area (Å²) in [6.45, 7) is 9.29. The smallest absolute Gasteiger partial charge is 0.270 e. The molecule has 2 fully saturated rings. The van der Waals surface area contributed by atoms with Crippen LogP contribution in [-0.2, 0) is 4.79 Å². The number of anilines is 1. The van der Waals surface area contributed by atoms with Crippen LogP contribution in [0.15, 0.2) is 24.5 Å². The first-order valence-electron chi connectivity index (χ1n) is 12.9. The molecule has 3 aromatic heterocycles. The van der Waals surface area contributed by atoms with Crippen molar-refractivity contribution in [3.63, 3.8) is 0 Å². The standard InChI is InChI=1S/C27H34FN7O2/c1-14(2)35-21(10-11-30-35)25(36)32-27(5,23(17-6-7-17)18-8-9-18)26(37)31-19-12-20(28)24(29-13-19)22-15(3)33-34-16(22)4/h10-14,17-18,23H,6-9H2,1-5H3,(H,31,37)(H,32,36)(H,33,34). The maximum Gasteiger partial charge on any atom is 0.270 e. The molecule has 3 aromatic rings. The Morgan fingerprint density at radius 2 is 1.86 bits per heavy atom. The number of hydrogen-bond acceptors (Lipinski definition) is 5. The summed E-state index contributed by atoms with van der Waals surface area (Å²) in [4.78, 5) is 31.6. The van der Waals surface area contributed by atoms with Crippen LogP contribution >= 0.6 is 0 Å². The number of nitrogens with zero attached hydrogens (tertiary/aromatic N) is 4. The van der Waals surface area contributed by atoms with Crippen LogP contribution in [0.3, 0.4) is 0 Å². The Hall–Kier alpha value is -3.56. The van der Waals surface area contributed by atoms with Gasteiger partial charge in [0.05, 0.1) is 17.6 Å². The lowest BCUT2D eigenvalue weighted by atomic mass is 9.77. The third-order valence-corrected chi connectivity index (χ3v) is 7.63. The van der Waals surface area contributed by atoms with Crippen LogP contribution in [0, 0.1) is 37.4 Å². The van der Waals surface area contributed by atoms with Crippen molar-refractivity contribution in [1.29, 1.82) is 0 Å². The quantitative estimate of drug-likeness (QED) is 0.392. The molecule has 0 bridgehead atoms. The third kappa shape index (κ3) is 4.76. The van der Waals surface area contributed by atoms with Crippen molar-refractivity contribution in [1.82, 2.24) is 30.3 Å². The fraction of sp³-hybridized carbons (Fsp3) is 0.519. The van der Waals surface area contributed by atoms with Gasteiger partial charge in [0.2, 0.25) is 5.91 Å². The van der Waals surface area contributed by atoms with Gasteiger partial charge in [-0.05, 0) is 84.1 Å². The highest BCUT2D eigenvalue weighted by atomic mass is 19.1. The second-order valence-corrected chi connectivity index (χ2v) is 10.9. The Balaban J connectivity index is 1.44. The van der Waals surface area contributed by atoms with Gasteiger partial charge in [0.1, 0.15) is 16.9 Å². The van der Waals surface area contributed by atoms with Crippen molar-refractivity contribution in [2.24, 2.45) is 17.8 Å². The zero-order chi connectivity index (χ0) is 26.5. The van der Waals surface area contributed by atoms with Crippen molar-refractivity contribution < 1.29 is 14.0 Å². The van der Waals surface area contributed by atoms with Gasteiger partial charge in [-0.1, -0.05) is 0 Å². The Labute approximate surface area is 215 Å². The molecule has 196 valence electrons. The lowest BCUT2D eigenvalue weighted by Crippen LogP contribution is -2.60. The van der Waals surface area contributed by atoms with E-state index in [1.54, 1.807) is 37.7 Å². The summed E-state index contributed by atoms with van der Waals surface area (Å²) in [5, 5.41) is 17.2. The van der Waals surface area contributed by atoms with E-state index in [1.807, 2.05) is 13.8 Å². The van der Waals surface area contributed by atoms with Crippen molar-refractivity contribution in [3.8, 4) is 11.3 Å². The van der Waals surface area contributed by atoms with E-state index in [9.17, 15) is 9.59 Å². The van der Waals surface area contributed by atoms with Gasteiger partial charge in [-0.2, -0.15) is 10.2 Å². The molecular weight excluding hydrogens is 473 g/mol. The average Bonchev–Trinajstić information content (AvgIpc) is 3.77. The van der Waals surface area contributed by atoms with E-state index in [2.05, 4.69) is 30.9 Å². The van der Waals surface area contributed by atoms with Gasteiger partial charge in [-0.25, -0.2) is 4.39 Å². The minimum Gasteiger partial charge on any atom is -0.336 e. The number of rotatable bonds is 9. The molecular formula is C27H34FN7O2. The van der Waals surface area contributed by atoms with Crippen LogP contribution in [0.4, 0.5) is 10.1 Å². The van der Waals surface area contributed by atoms with Crippen molar-refractivity contribution in [2.45, 2.75) is 71.9 Å². The van der Waals surface area contributed by atoms with E-state index >= 15 is 4.39 Å². The third-order valence-electron chi connectivity index (χ3n) is 7.63. The number of halogens is 1. The number of carbonyl (C=O) groups is 2. The number of aryl methyl sites for hydroxylation is 2. The first kappa shape index (κ1) is 25.1. The van der Waals surface area contributed by atoms with Crippen LogP contribution in [0.2, 0.25) is 0 Å². The molecule has 1 unspecified atom stereocenters. The highest BCUT2D eigenvalue weighted by Crippen LogP contribution is 2.54. The molecule has 0 spiro atoms. The van der Waals surface area contributed by atoms with Crippen LogP contribution in [0.1, 0.15) is 74.4 Å². The number of hydrogen-bond donors (Lipinski definition) is 3. The molecule has 5 rings (SSSR count). The molecule has 2 saturated carbocycles. The second kappa shape index (κ2) is 9.39. The van der Waals surface area contributed by atoms with Gasteiger partial charge in [0.15, 0.2) is 5.82 Å². The van der Waals surface area contributed by atoms with E-state index in [-0.39, 0.29) is 35.2 Å². The van der Waals surface area contributed by atoms with Crippen molar-refractivity contribution in [3.05, 3.63) is 47.4 Å². The number of aromatic nitrogens is 5. The number of aromatic amines is 1. The number of nitrogens with one attached hydrogen (secondary N) is 3. The van der Waals surface area contributed by atoms with Gasteiger partial charge in [-0.15, -0.1) is 0 Å². The van der Waals surface area contributed by atoms with Gasteiger partial charge < -0.3 is 10.6 Å². The van der Waals surface area contributed by atoms with E-state index in [0.29, 0.717) is 34.5 Å². The molecule has 3 heterocycles. The fourth-order valence-electron chi connectivity index (χ4n) is 5.59. The zero-order valence-corrected chi connectivity index (χ0v) is 21.9. The molecule has 0 aromatic carbocycles. The SMILES string of the molecule is Cc1n[nH]c(C)c1-c1ncc(NC(=O)C(C)(NC(=O)c2ccnn2C(C)C)C(C2CC2)C2CC2)cc1F. The molecule has 2 amide bonds. The van der Waals surface area contributed by atoms with Crippen LogP contribution in [-0.4, -0.2) is 42.3 Å². The summed E-state index contributed by atoms with van der Waals surface area (Å²) in [6.07, 6.45) is 7.19. The molecule has 1 atom stereocenters. The molecule has 0 saturated heterocycles. The first-order valence-corrected chi connectivity index (χ1v) is 12.9. The molecule has 37 heavy (non-hydrogen) atoms. The first-order chi connectivity index (χ1) is 17.6. The molecule has 0 aliphatic heterocycles. The molecule has 2 aliphatic rings. The monoisotopic (exact) mass is 507 g/mol. The van der Waals surface area contributed by atoms with Gasteiger partial charge in [-0.3, -0.25) is 24.4 Å². The van der Waals surface area contributed by atoms with E-state index < -0.39 is 11.4 Å². The maximum atomic E-state index is 15.1. The van der Waals surface area contributed by atoms with Crippen molar-refractivity contribution >= 4 is 17.5 Å².